The average Bonchev–Trinajstić information content (AvgIpc) is 3.02. The van der Waals surface area contributed by atoms with Crippen LogP contribution in [0.15, 0.2) is 0 Å². The van der Waals surface area contributed by atoms with Crippen LogP contribution < -0.4 is 29.4 Å². The minimum atomic E-state index is -0.659. The number of halogens is 2. The molecule has 0 spiro atoms. The molecule has 0 bridgehead atoms. The molecule has 0 heterocycles. The summed E-state index contributed by atoms with van der Waals surface area (Å²) in [6, 6.07) is 0. The van der Waals surface area contributed by atoms with Crippen LogP contribution in [0.25, 0.3) is 0 Å². The SMILES string of the molecule is CCCCC(CC)C[P+](CCCC)(CCCC)CCCC.CCCCCCCC[P+](CCCC)(CCCC)CCCC.[Br-].[Cl-]. The molecule has 0 aliphatic heterocycles. The summed E-state index contributed by atoms with van der Waals surface area (Å²) in [6.07, 6.45) is 44.8. The summed E-state index contributed by atoms with van der Waals surface area (Å²) in [7, 11) is -1.26. The fourth-order valence-corrected chi connectivity index (χ4v) is 17.8. The van der Waals surface area contributed by atoms with Crippen molar-refractivity contribution in [2.45, 2.75) is 204 Å². The van der Waals surface area contributed by atoms with E-state index in [-0.39, 0.29) is 29.4 Å². The molecule has 272 valence electrons. The van der Waals surface area contributed by atoms with E-state index in [1.54, 1.807) is 49.3 Å². The van der Waals surface area contributed by atoms with E-state index in [0.29, 0.717) is 0 Å². The van der Waals surface area contributed by atoms with Crippen molar-refractivity contribution in [3.63, 3.8) is 0 Å². The maximum absolute atomic E-state index is 2.44. The van der Waals surface area contributed by atoms with E-state index in [2.05, 4.69) is 62.3 Å². The van der Waals surface area contributed by atoms with Crippen molar-refractivity contribution < 1.29 is 29.4 Å². The van der Waals surface area contributed by atoms with Crippen LogP contribution in [0.3, 0.4) is 0 Å². The lowest BCUT2D eigenvalue weighted by atomic mass is 10.0. The Morgan fingerprint density at radius 1 is 0.341 bits per heavy atom. The van der Waals surface area contributed by atoms with Gasteiger partial charge in [0.05, 0.1) is 49.3 Å². The fourth-order valence-electron chi connectivity index (χ4n) is 6.93. The Kier molecular flexibility index (Phi) is 46.6. The van der Waals surface area contributed by atoms with Gasteiger partial charge in [0.25, 0.3) is 0 Å². The second-order valence-electron chi connectivity index (χ2n) is 14.2. The second kappa shape index (κ2) is 39.1. The van der Waals surface area contributed by atoms with E-state index in [1.165, 1.54) is 141 Å². The van der Waals surface area contributed by atoms with Crippen molar-refractivity contribution >= 4 is 14.5 Å². The zero-order valence-corrected chi connectivity index (χ0v) is 36.6. The van der Waals surface area contributed by atoms with Gasteiger partial charge in [0, 0.05) is 14.5 Å². The number of rotatable bonds is 31. The van der Waals surface area contributed by atoms with Crippen molar-refractivity contribution in [3.05, 3.63) is 0 Å². The van der Waals surface area contributed by atoms with E-state index in [1.807, 2.05) is 0 Å². The minimum Gasteiger partial charge on any atom is -1.00 e. The van der Waals surface area contributed by atoms with Gasteiger partial charge in [0.15, 0.2) is 0 Å². The van der Waals surface area contributed by atoms with Crippen LogP contribution in [0.4, 0.5) is 0 Å². The molecule has 0 fully saturated rings. The predicted octanol–water partition coefficient (Wildman–Crippen LogP) is 9.39. The first kappa shape index (κ1) is 52.4. The monoisotopic (exact) mass is 745 g/mol. The quantitative estimate of drug-likeness (QED) is 0.0490. The Labute approximate surface area is 301 Å². The normalized spacial score (nSPS) is 12.2. The van der Waals surface area contributed by atoms with E-state index in [9.17, 15) is 0 Å². The summed E-state index contributed by atoms with van der Waals surface area (Å²) in [5.41, 5.74) is 0. The third-order valence-electron chi connectivity index (χ3n) is 10.1. The van der Waals surface area contributed by atoms with Crippen molar-refractivity contribution in [2.24, 2.45) is 5.92 Å². The molecule has 1 atom stereocenters. The minimum absolute atomic E-state index is 0. The first-order valence-electron chi connectivity index (χ1n) is 20.1. The summed E-state index contributed by atoms with van der Waals surface area (Å²) >= 11 is 0. The lowest BCUT2D eigenvalue weighted by Crippen LogP contribution is -3.00. The van der Waals surface area contributed by atoms with Crippen molar-refractivity contribution in [1.29, 1.82) is 0 Å². The summed E-state index contributed by atoms with van der Waals surface area (Å²) in [5, 5.41) is 0. The van der Waals surface area contributed by atoms with Gasteiger partial charge in [0.1, 0.15) is 0 Å². The highest BCUT2D eigenvalue weighted by Crippen LogP contribution is 2.63. The predicted molar refractivity (Wildman–Crippen MR) is 209 cm³/mol. The summed E-state index contributed by atoms with van der Waals surface area (Å²) in [4.78, 5) is 0. The van der Waals surface area contributed by atoms with Crippen molar-refractivity contribution in [1.82, 2.24) is 0 Å². The third-order valence-corrected chi connectivity index (χ3v) is 20.2. The molecule has 0 nitrogen and oxygen atoms in total. The standard InChI is InChI=1S/2C20H44P.BrH.ClH/c1-6-11-15-20(10-5)19-21(16-12-7-2,17-13-8-3)18-14-9-4;1-5-9-13-14-15-16-20-21(17-10-6-2,18-11-7-3)19-12-8-4;;/h20H,6-19H2,1-5H3;5-20H2,1-4H3;2*1H/q2*+1;;/p-2. The first-order valence-corrected chi connectivity index (χ1v) is 25.2. The molecular formula is C40H88BrClP2. The van der Waals surface area contributed by atoms with Gasteiger partial charge in [-0.3, -0.25) is 0 Å². The van der Waals surface area contributed by atoms with Crippen molar-refractivity contribution in [2.75, 3.05) is 49.3 Å². The fraction of sp³-hybridized carbons (Fsp3) is 1.00. The zero-order chi connectivity index (χ0) is 31.8. The Balaban J connectivity index is -0.000000348. The molecule has 0 amide bonds. The molecule has 0 radical (unpaired) electrons. The highest BCUT2D eigenvalue weighted by molar-refractivity contribution is 7.76. The van der Waals surface area contributed by atoms with Crippen molar-refractivity contribution in [3.8, 4) is 0 Å². The molecule has 4 heteroatoms. The number of unbranched alkanes of at least 4 members (excludes halogenated alkanes) is 12. The molecule has 44 heavy (non-hydrogen) atoms. The zero-order valence-electron chi connectivity index (χ0n) is 32.4. The van der Waals surface area contributed by atoms with Gasteiger partial charge in [-0.15, -0.1) is 0 Å². The highest BCUT2D eigenvalue weighted by atomic mass is 79.9. The smallest absolute Gasteiger partial charge is 0.0622 e. The molecule has 0 rings (SSSR count). The van der Waals surface area contributed by atoms with Crippen LogP contribution >= 0.6 is 14.5 Å². The van der Waals surface area contributed by atoms with Gasteiger partial charge in [-0.05, 0) is 70.1 Å². The van der Waals surface area contributed by atoms with E-state index >= 15 is 0 Å². The van der Waals surface area contributed by atoms with Gasteiger partial charge in [-0.2, -0.15) is 0 Å². The summed E-state index contributed by atoms with van der Waals surface area (Å²) in [6.45, 7) is 21.4. The molecule has 0 aromatic rings. The molecular weight excluding hydrogens is 658 g/mol. The third kappa shape index (κ3) is 29.7. The van der Waals surface area contributed by atoms with Gasteiger partial charge in [0.2, 0.25) is 0 Å². The Morgan fingerprint density at radius 2 is 0.636 bits per heavy atom. The molecule has 0 aromatic heterocycles. The van der Waals surface area contributed by atoms with Gasteiger partial charge in [-0.25, -0.2) is 0 Å². The highest BCUT2D eigenvalue weighted by Gasteiger charge is 2.37. The number of hydrogen-bond acceptors (Lipinski definition) is 0. The second-order valence-corrected chi connectivity index (χ2v) is 23.1. The lowest BCUT2D eigenvalue weighted by Gasteiger charge is -2.31. The lowest BCUT2D eigenvalue weighted by molar-refractivity contribution is -0.001000. The van der Waals surface area contributed by atoms with Crippen LogP contribution in [0, 0.1) is 5.92 Å². The summed E-state index contributed by atoms with van der Waals surface area (Å²) < 4.78 is 0. The molecule has 0 N–H and O–H groups in total. The van der Waals surface area contributed by atoms with Crippen LogP contribution in [0.1, 0.15) is 204 Å². The first-order chi connectivity index (χ1) is 20.4. The van der Waals surface area contributed by atoms with Gasteiger partial charge >= 0.3 is 0 Å². The largest absolute Gasteiger partial charge is 1.00 e. The van der Waals surface area contributed by atoms with Crippen LogP contribution in [0.2, 0.25) is 0 Å². The van der Waals surface area contributed by atoms with E-state index in [0.717, 1.165) is 5.92 Å². The van der Waals surface area contributed by atoms with E-state index in [4.69, 9.17) is 0 Å². The molecule has 0 saturated heterocycles. The van der Waals surface area contributed by atoms with Crippen LogP contribution in [-0.2, 0) is 0 Å². The molecule has 1 unspecified atom stereocenters. The van der Waals surface area contributed by atoms with Gasteiger partial charge in [-0.1, -0.05) is 139 Å². The average molecular weight is 746 g/mol. The summed E-state index contributed by atoms with van der Waals surface area (Å²) in [5.74, 6) is 1.03. The Morgan fingerprint density at radius 3 is 0.977 bits per heavy atom. The van der Waals surface area contributed by atoms with Gasteiger partial charge < -0.3 is 29.4 Å². The Hall–Kier alpha value is 1.63. The maximum atomic E-state index is 2.44. The topological polar surface area (TPSA) is 0 Å². The van der Waals surface area contributed by atoms with E-state index < -0.39 is 14.5 Å². The molecule has 0 aliphatic carbocycles. The number of hydrogen-bond donors (Lipinski definition) is 0. The molecule has 0 aliphatic rings. The van der Waals surface area contributed by atoms with Crippen LogP contribution in [0.5, 0.6) is 0 Å². The Bertz CT molecular complexity index is 472. The molecule has 0 saturated carbocycles. The maximum Gasteiger partial charge on any atom is 0.0622 e. The molecule has 0 aromatic carbocycles. The van der Waals surface area contributed by atoms with Crippen LogP contribution in [-0.4, -0.2) is 49.3 Å².